The van der Waals surface area contributed by atoms with Crippen LogP contribution in [0.15, 0.2) is 23.6 Å². The summed E-state index contributed by atoms with van der Waals surface area (Å²) < 4.78 is 0. The van der Waals surface area contributed by atoms with Crippen molar-refractivity contribution in [3.05, 3.63) is 29.6 Å². The molecule has 1 aromatic heterocycles. The molecule has 1 rings (SSSR count). The minimum atomic E-state index is 0.280. The Balaban J connectivity index is 2.19. The third-order valence-corrected chi connectivity index (χ3v) is 2.37. The molecule has 1 aromatic rings. The standard InChI is InChI=1S/C11H18N4O/c1-9-7-14-6-4-10(9)8-13-5-2-3-11(12)15-16/h4,6-7,13,16H,2-3,5,8H2,1H3,(H2,12,15). The molecule has 1 heterocycles. The molecule has 0 amide bonds. The number of amidine groups is 1. The first kappa shape index (κ1) is 12.4. The molecular formula is C11H18N4O. The highest BCUT2D eigenvalue weighted by Gasteiger charge is 1.97. The number of aromatic nitrogens is 1. The van der Waals surface area contributed by atoms with E-state index in [0.29, 0.717) is 6.42 Å². The van der Waals surface area contributed by atoms with Crippen LogP contribution in [-0.4, -0.2) is 22.6 Å². The van der Waals surface area contributed by atoms with Gasteiger partial charge in [-0.25, -0.2) is 0 Å². The Morgan fingerprint density at radius 1 is 1.62 bits per heavy atom. The van der Waals surface area contributed by atoms with E-state index in [-0.39, 0.29) is 5.84 Å². The molecule has 5 heteroatoms. The van der Waals surface area contributed by atoms with E-state index in [4.69, 9.17) is 10.9 Å². The summed E-state index contributed by atoms with van der Waals surface area (Å²) in [6.45, 7) is 3.71. The van der Waals surface area contributed by atoms with E-state index in [1.54, 1.807) is 6.20 Å². The van der Waals surface area contributed by atoms with Crippen molar-refractivity contribution in [2.45, 2.75) is 26.3 Å². The molecule has 0 aliphatic rings. The summed E-state index contributed by atoms with van der Waals surface area (Å²) in [5.41, 5.74) is 7.79. The number of nitrogens with zero attached hydrogens (tertiary/aromatic N) is 2. The first-order chi connectivity index (χ1) is 7.74. The molecule has 0 unspecified atom stereocenters. The third kappa shape index (κ3) is 4.27. The van der Waals surface area contributed by atoms with Gasteiger partial charge in [0, 0.05) is 25.4 Å². The van der Waals surface area contributed by atoms with E-state index in [1.807, 2.05) is 19.2 Å². The second-order valence-electron chi connectivity index (χ2n) is 3.67. The Labute approximate surface area is 95.4 Å². The first-order valence-electron chi connectivity index (χ1n) is 5.30. The van der Waals surface area contributed by atoms with Gasteiger partial charge in [0.05, 0.1) is 0 Å². The first-order valence-corrected chi connectivity index (χ1v) is 5.30. The van der Waals surface area contributed by atoms with Crippen molar-refractivity contribution in [1.82, 2.24) is 10.3 Å². The zero-order valence-corrected chi connectivity index (χ0v) is 9.48. The number of rotatable bonds is 6. The van der Waals surface area contributed by atoms with Gasteiger partial charge in [-0.3, -0.25) is 4.98 Å². The third-order valence-electron chi connectivity index (χ3n) is 2.37. The predicted molar refractivity (Wildman–Crippen MR) is 63.3 cm³/mol. The van der Waals surface area contributed by atoms with Gasteiger partial charge in [0.2, 0.25) is 0 Å². The maximum absolute atomic E-state index is 8.34. The van der Waals surface area contributed by atoms with Gasteiger partial charge < -0.3 is 16.3 Å². The highest BCUT2D eigenvalue weighted by molar-refractivity contribution is 5.79. The quantitative estimate of drug-likeness (QED) is 0.220. The van der Waals surface area contributed by atoms with Crippen LogP contribution in [-0.2, 0) is 6.54 Å². The van der Waals surface area contributed by atoms with Gasteiger partial charge in [-0.05, 0) is 37.1 Å². The lowest BCUT2D eigenvalue weighted by molar-refractivity contribution is 0.316. The van der Waals surface area contributed by atoms with Crippen molar-refractivity contribution in [2.24, 2.45) is 10.9 Å². The summed E-state index contributed by atoms with van der Waals surface area (Å²) in [6.07, 6.45) is 5.12. The Morgan fingerprint density at radius 3 is 3.12 bits per heavy atom. The van der Waals surface area contributed by atoms with Gasteiger partial charge in [-0.2, -0.15) is 0 Å². The number of oxime groups is 1. The summed E-state index contributed by atoms with van der Waals surface area (Å²) in [4.78, 5) is 4.04. The summed E-state index contributed by atoms with van der Waals surface area (Å²) in [5, 5.41) is 14.6. The van der Waals surface area contributed by atoms with Crippen LogP contribution in [0.1, 0.15) is 24.0 Å². The molecule has 88 valence electrons. The zero-order valence-electron chi connectivity index (χ0n) is 9.48. The lowest BCUT2D eigenvalue weighted by Gasteiger charge is -2.06. The number of aryl methyl sites for hydroxylation is 1. The monoisotopic (exact) mass is 222 g/mol. The average molecular weight is 222 g/mol. The maximum Gasteiger partial charge on any atom is 0.139 e. The Morgan fingerprint density at radius 2 is 2.44 bits per heavy atom. The van der Waals surface area contributed by atoms with Crippen molar-refractivity contribution in [3.63, 3.8) is 0 Å². The van der Waals surface area contributed by atoms with Gasteiger partial charge in [0.15, 0.2) is 0 Å². The molecule has 0 fully saturated rings. The normalized spacial score (nSPS) is 11.7. The van der Waals surface area contributed by atoms with Gasteiger partial charge in [0.1, 0.15) is 5.84 Å². The zero-order chi connectivity index (χ0) is 11.8. The molecule has 0 aliphatic heterocycles. The molecule has 0 saturated carbocycles. The van der Waals surface area contributed by atoms with E-state index >= 15 is 0 Å². The molecule has 16 heavy (non-hydrogen) atoms. The molecule has 4 N–H and O–H groups in total. The fourth-order valence-corrected chi connectivity index (χ4v) is 1.37. The van der Waals surface area contributed by atoms with Crippen molar-refractivity contribution < 1.29 is 5.21 Å². The maximum atomic E-state index is 8.34. The van der Waals surface area contributed by atoms with Crippen LogP contribution >= 0.6 is 0 Å². The molecule has 0 bridgehead atoms. The topological polar surface area (TPSA) is 83.5 Å². The molecule has 0 spiro atoms. The van der Waals surface area contributed by atoms with Gasteiger partial charge in [0.25, 0.3) is 0 Å². The SMILES string of the molecule is Cc1cnccc1CNCCC/C(N)=N/O. The van der Waals surface area contributed by atoms with E-state index in [2.05, 4.69) is 15.5 Å². The van der Waals surface area contributed by atoms with Crippen molar-refractivity contribution in [2.75, 3.05) is 6.54 Å². The van der Waals surface area contributed by atoms with E-state index in [9.17, 15) is 0 Å². The fraction of sp³-hybridized carbons (Fsp3) is 0.455. The molecule has 5 nitrogen and oxygen atoms in total. The summed E-state index contributed by atoms with van der Waals surface area (Å²) in [7, 11) is 0. The predicted octanol–water partition coefficient (Wildman–Crippen LogP) is 1.01. The molecule has 0 atom stereocenters. The molecule has 0 radical (unpaired) electrons. The fourth-order valence-electron chi connectivity index (χ4n) is 1.37. The molecular weight excluding hydrogens is 204 g/mol. The second-order valence-corrected chi connectivity index (χ2v) is 3.67. The Kier molecular flexibility index (Phi) is 5.28. The van der Waals surface area contributed by atoms with Crippen molar-refractivity contribution >= 4 is 5.84 Å². The Bertz CT molecular complexity index is 352. The van der Waals surface area contributed by atoms with Gasteiger partial charge in [-0.15, -0.1) is 0 Å². The number of pyridine rings is 1. The number of hydrogen-bond acceptors (Lipinski definition) is 4. The van der Waals surface area contributed by atoms with Crippen molar-refractivity contribution in [1.29, 1.82) is 0 Å². The number of hydrogen-bond donors (Lipinski definition) is 3. The van der Waals surface area contributed by atoms with Crippen LogP contribution in [0.25, 0.3) is 0 Å². The number of nitrogens with two attached hydrogens (primary N) is 1. The lowest BCUT2D eigenvalue weighted by Crippen LogP contribution is -2.18. The van der Waals surface area contributed by atoms with Gasteiger partial charge >= 0.3 is 0 Å². The smallest absolute Gasteiger partial charge is 0.139 e. The van der Waals surface area contributed by atoms with Crippen LogP contribution in [0.3, 0.4) is 0 Å². The Hall–Kier alpha value is -1.62. The van der Waals surface area contributed by atoms with Gasteiger partial charge in [-0.1, -0.05) is 5.16 Å². The molecule has 0 aromatic carbocycles. The van der Waals surface area contributed by atoms with Crippen molar-refractivity contribution in [3.8, 4) is 0 Å². The number of nitrogens with one attached hydrogen (secondary N) is 1. The molecule has 0 aliphatic carbocycles. The second kappa shape index (κ2) is 6.79. The van der Waals surface area contributed by atoms with Crippen LogP contribution in [0.2, 0.25) is 0 Å². The van der Waals surface area contributed by atoms with Crippen LogP contribution in [0.4, 0.5) is 0 Å². The summed E-state index contributed by atoms with van der Waals surface area (Å²) >= 11 is 0. The van der Waals surface area contributed by atoms with E-state index < -0.39 is 0 Å². The van der Waals surface area contributed by atoms with Crippen LogP contribution in [0.5, 0.6) is 0 Å². The largest absolute Gasteiger partial charge is 0.409 e. The highest BCUT2D eigenvalue weighted by atomic mass is 16.4. The van der Waals surface area contributed by atoms with Crippen LogP contribution < -0.4 is 11.1 Å². The minimum Gasteiger partial charge on any atom is -0.409 e. The summed E-state index contributed by atoms with van der Waals surface area (Å²) in [5.74, 6) is 0.280. The van der Waals surface area contributed by atoms with E-state index in [0.717, 1.165) is 19.5 Å². The highest BCUT2D eigenvalue weighted by Crippen LogP contribution is 2.03. The molecule has 0 saturated heterocycles. The van der Waals surface area contributed by atoms with E-state index in [1.165, 1.54) is 11.1 Å². The van der Waals surface area contributed by atoms with Crippen LogP contribution in [0, 0.1) is 6.92 Å². The summed E-state index contributed by atoms with van der Waals surface area (Å²) in [6, 6.07) is 2.01. The average Bonchev–Trinajstić information content (AvgIpc) is 2.30. The minimum absolute atomic E-state index is 0.280. The lowest BCUT2D eigenvalue weighted by atomic mass is 10.1.